The fourth-order valence-electron chi connectivity index (χ4n) is 3.74. The molecule has 1 aromatic carbocycles. The fraction of sp³-hybridized carbons (Fsp3) is 0.588. The summed E-state index contributed by atoms with van der Waals surface area (Å²) >= 11 is 3.63. The van der Waals surface area contributed by atoms with Gasteiger partial charge in [-0.3, -0.25) is 0 Å². The molecule has 2 fully saturated rings. The van der Waals surface area contributed by atoms with Crippen molar-refractivity contribution in [1.29, 1.82) is 0 Å². The quantitative estimate of drug-likeness (QED) is 0.366. The summed E-state index contributed by atoms with van der Waals surface area (Å²) in [5.41, 5.74) is 7.57. The van der Waals surface area contributed by atoms with Gasteiger partial charge in [0, 0.05) is 29.2 Å². The van der Waals surface area contributed by atoms with Crippen LogP contribution >= 0.6 is 15.9 Å². The van der Waals surface area contributed by atoms with Crippen LogP contribution in [-0.4, -0.2) is 48.2 Å². The second kappa shape index (κ2) is 7.53. The molecule has 2 aliphatic rings. The molecule has 3 N–H and O–H groups in total. The summed E-state index contributed by atoms with van der Waals surface area (Å²) in [6.07, 6.45) is 6.58. The maximum atomic E-state index is 8.78. The summed E-state index contributed by atoms with van der Waals surface area (Å²) in [5, 5.41) is 11.8. The topological polar surface area (TPSA) is 65.1 Å². The molecule has 3 rings (SSSR count). The fourth-order valence-corrected chi connectivity index (χ4v) is 4.37. The standard InChI is InChI=1S/C17H25BrN4O/c18-15-12-13(17(19)20-23)4-5-16(15)22-10-6-14(7-11-22)21-8-2-1-3-9-21/h4-5,12,14,23H,1-3,6-11H2,(H2,19,20). The van der Waals surface area contributed by atoms with E-state index in [-0.39, 0.29) is 5.84 Å². The molecule has 2 saturated heterocycles. The van der Waals surface area contributed by atoms with E-state index in [1.807, 2.05) is 12.1 Å². The number of nitrogens with two attached hydrogens (primary N) is 1. The third kappa shape index (κ3) is 3.80. The molecule has 1 aromatic rings. The molecule has 0 saturated carbocycles. The van der Waals surface area contributed by atoms with Gasteiger partial charge in [-0.25, -0.2) is 0 Å². The Kier molecular flexibility index (Phi) is 5.43. The minimum absolute atomic E-state index is 0.140. The zero-order valence-electron chi connectivity index (χ0n) is 13.4. The number of piperidine rings is 2. The summed E-state index contributed by atoms with van der Waals surface area (Å²) in [5.74, 6) is 0.140. The first-order chi connectivity index (χ1) is 11.2. The van der Waals surface area contributed by atoms with Gasteiger partial charge in [-0.1, -0.05) is 11.6 Å². The largest absolute Gasteiger partial charge is 0.409 e. The number of nitrogens with zero attached hydrogens (tertiary/aromatic N) is 3. The minimum Gasteiger partial charge on any atom is -0.409 e. The Morgan fingerprint density at radius 3 is 2.43 bits per heavy atom. The molecule has 6 heteroatoms. The predicted octanol–water partition coefficient (Wildman–Crippen LogP) is 3.00. The van der Waals surface area contributed by atoms with Crippen LogP contribution in [0.3, 0.4) is 0 Å². The number of anilines is 1. The number of benzene rings is 1. The molecular formula is C17H25BrN4O. The van der Waals surface area contributed by atoms with Crippen molar-refractivity contribution in [2.24, 2.45) is 10.9 Å². The Labute approximate surface area is 146 Å². The monoisotopic (exact) mass is 380 g/mol. The van der Waals surface area contributed by atoms with Crippen LogP contribution in [0, 0.1) is 0 Å². The lowest BCUT2D eigenvalue weighted by Gasteiger charge is -2.41. The summed E-state index contributed by atoms with van der Waals surface area (Å²) in [6, 6.07) is 6.63. The Morgan fingerprint density at radius 1 is 1.13 bits per heavy atom. The highest BCUT2D eigenvalue weighted by atomic mass is 79.9. The van der Waals surface area contributed by atoms with Gasteiger partial charge in [-0.15, -0.1) is 0 Å². The van der Waals surface area contributed by atoms with Crippen molar-refractivity contribution in [3.63, 3.8) is 0 Å². The minimum atomic E-state index is 0.140. The van der Waals surface area contributed by atoms with Gasteiger partial charge < -0.3 is 20.7 Å². The van der Waals surface area contributed by atoms with Crippen LogP contribution in [0.5, 0.6) is 0 Å². The second-order valence-corrected chi connectivity index (χ2v) is 7.32. The Balaban J connectivity index is 1.63. The van der Waals surface area contributed by atoms with E-state index in [4.69, 9.17) is 10.9 Å². The van der Waals surface area contributed by atoms with Gasteiger partial charge in [0.25, 0.3) is 0 Å². The van der Waals surface area contributed by atoms with Gasteiger partial charge in [-0.05, 0) is 72.9 Å². The van der Waals surface area contributed by atoms with Gasteiger partial charge in [0.15, 0.2) is 5.84 Å². The molecule has 23 heavy (non-hydrogen) atoms. The molecule has 0 atom stereocenters. The maximum absolute atomic E-state index is 8.78. The van der Waals surface area contributed by atoms with E-state index in [1.165, 1.54) is 50.9 Å². The lowest BCUT2D eigenvalue weighted by molar-refractivity contribution is 0.141. The number of likely N-dealkylation sites (tertiary alicyclic amines) is 1. The third-order valence-corrected chi connectivity index (χ3v) is 5.70. The van der Waals surface area contributed by atoms with Crippen molar-refractivity contribution in [3.8, 4) is 0 Å². The van der Waals surface area contributed by atoms with Crippen LogP contribution in [0.25, 0.3) is 0 Å². The molecule has 5 nitrogen and oxygen atoms in total. The van der Waals surface area contributed by atoms with Crippen molar-refractivity contribution in [2.75, 3.05) is 31.1 Å². The number of oxime groups is 1. The Morgan fingerprint density at radius 2 is 1.83 bits per heavy atom. The summed E-state index contributed by atoms with van der Waals surface area (Å²) in [6.45, 7) is 4.73. The van der Waals surface area contributed by atoms with E-state index in [1.54, 1.807) is 0 Å². The van der Waals surface area contributed by atoms with Crippen molar-refractivity contribution in [2.45, 2.75) is 38.1 Å². The third-order valence-electron chi connectivity index (χ3n) is 5.06. The van der Waals surface area contributed by atoms with E-state index in [0.717, 1.165) is 29.2 Å². The molecule has 126 valence electrons. The predicted molar refractivity (Wildman–Crippen MR) is 97.3 cm³/mol. The summed E-state index contributed by atoms with van der Waals surface area (Å²) < 4.78 is 0.998. The lowest BCUT2D eigenvalue weighted by Crippen LogP contribution is -2.46. The van der Waals surface area contributed by atoms with Gasteiger partial charge in [-0.2, -0.15) is 0 Å². The first-order valence-corrected chi connectivity index (χ1v) is 9.25. The highest BCUT2D eigenvalue weighted by Gasteiger charge is 2.26. The SMILES string of the molecule is NC(=NO)c1ccc(N2CCC(N3CCCCC3)CC2)c(Br)c1. The van der Waals surface area contributed by atoms with Crippen molar-refractivity contribution in [1.82, 2.24) is 4.90 Å². The van der Waals surface area contributed by atoms with Crippen LogP contribution in [-0.2, 0) is 0 Å². The maximum Gasteiger partial charge on any atom is 0.170 e. The van der Waals surface area contributed by atoms with Crippen molar-refractivity contribution < 1.29 is 5.21 Å². The first kappa shape index (κ1) is 16.6. The average Bonchev–Trinajstić information content (AvgIpc) is 2.62. The summed E-state index contributed by atoms with van der Waals surface area (Å²) in [4.78, 5) is 5.12. The number of amidine groups is 1. The zero-order valence-corrected chi connectivity index (χ0v) is 15.0. The molecule has 0 amide bonds. The smallest absolute Gasteiger partial charge is 0.170 e. The molecule has 0 aliphatic carbocycles. The molecule has 0 aromatic heterocycles. The van der Waals surface area contributed by atoms with Gasteiger partial charge in [0.2, 0.25) is 0 Å². The van der Waals surface area contributed by atoms with Crippen LogP contribution in [0.15, 0.2) is 27.8 Å². The van der Waals surface area contributed by atoms with Crippen LogP contribution in [0.2, 0.25) is 0 Å². The van der Waals surface area contributed by atoms with Gasteiger partial charge in [0.1, 0.15) is 0 Å². The normalized spacial score (nSPS) is 21.6. The van der Waals surface area contributed by atoms with Crippen molar-refractivity contribution in [3.05, 3.63) is 28.2 Å². The van der Waals surface area contributed by atoms with E-state index in [0.29, 0.717) is 0 Å². The Bertz CT molecular complexity index is 564. The Hall–Kier alpha value is -1.27. The van der Waals surface area contributed by atoms with Crippen LogP contribution < -0.4 is 10.6 Å². The molecule has 0 spiro atoms. The highest BCUT2D eigenvalue weighted by Crippen LogP contribution is 2.31. The van der Waals surface area contributed by atoms with Crippen LogP contribution in [0.1, 0.15) is 37.7 Å². The van der Waals surface area contributed by atoms with E-state index >= 15 is 0 Å². The highest BCUT2D eigenvalue weighted by molar-refractivity contribution is 9.10. The van der Waals surface area contributed by atoms with E-state index in [9.17, 15) is 0 Å². The number of hydrogen-bond donors (Lipinski definition) is 2. The van der Waals surface area contributed by atoms with Gasteiger partial charge >= 0.3 is 0 Å². The second-order valence-electron chi connectivity index (χ2n) is 6.47. The number of halogens is 1. The summed E-state index contributed by atoms with van der Waals surface area (Å²) in [7, 11) is 0. The van der Waals surface area contributed by atoms with Crippen LogP contribution in [0.4, 0.5) is 5.69 Å². The first-order valence-electron chi connectivity index (χ1n) is 8.45. The van der Waals surface area contributed by atoms with Crippen molar-refractivity contribution >= 4 is 27.5 Å². The molecule has 2 aliphatic heterocycles. The average molecular weight is 381 g/mol. The number of rotatable bonds is 3. The van der Waals surface area contributed by atoms with E-state index < -0.39 is 0 Å². The molecular weight excluding hydrogens is 356 g/mol. The zero-order chi connectivity index (χ0) is 16.2. The molecule has 0 radical (unpaired) electrons. The number of hydrogen-bond acceptors (Lipinski definition) is 4. The molecule has 0 bridgehead atoms. The van der Waals surface area contributed by atoms with E-state index in [2.05, 4.69) is 37.0 Å². The molecule has 2 heterocycles. The lowest BCUT2D eigenvalue weighted by atomic mass is 9.99. The van der Waals surface area contributed by atoms with Gasteiger partial charge in [0.05, 0.1) is 5.69 Å². The molecule has 0 unspecified atom stereocenters.